The molecule has 2 atom stereocenters. The van der Waals surface area contributed by atoms with E-state index in [2.05, 4.69) is 5.32 Å². The van der Waals surface area contributed by atoms with Gasteiger partial charge >= 0.3 is 12.1 Å². The molecule has 34 heavy (non-hydrogen) atoms. The van der Waals surface area contributed by atoms with Gasteiger partial charge < -0.3 is 5.32 Å². The zero-order valence-electron chi connectivity index (χ0n) is 17.6. The predicted octanol–water partition coefficient (Wildman–Crippen LogP) is 6.35. The molecule has 0 saturated carbocycles. The van der Waals surface area contributed by atoms with Crippen molar-refractivity contribution in [1.29, 1.82) is 0 Å². The number of ketones is 1. The van der Waals surface area contributed by atoms with Gasteiger partial charge in [-0.2, -0.15) is 13.2 Å². The lowest BCUT2D eigenvalue weighted by Gasteiger charge is -2.34. The number of benzene rings is 2. The minimum Gasteiger partial charge on any atom is -0.357 e. The lowest BCUT2D eigenvalue weighted by molar-refractivity contribution is -0.170. The first-order chi connectivity index (χ1) is 16.2. The van der Waals surface area contributed by atoms with Crippen LogP contribution in [0.5, 0.6) is 0 Å². The number of nitrogens with one attached hydrogen (secondary N) is 1. The van der Waals surface area contributed by atoms with Gasteiger partial charge in [-0.3, -0.25) is 14.5 Å². The summed E-state index contributed by atoms with van der Waals surface area (Å²) in [6, 6.07) is 14.2. The molecule has 5 rings (SSSR count). The number of carbonyl (C=O) groups excluding carboxylic acids is 2. The molecule has 0 radical (unpaired) electrons. The molecule has 2 aromatic carbocycles. The Morgan fingerprint density at radius 3 is 2.41 bits per heavy atom. The number of amides is 1. The Balaban J connectivity index is 1.70. The Hall–Kier alpha value is -3.46. The van der Waals surface area contributed by atoms with Crippen molar-refractivity contribution < 1.29 is 27.2 Å². The monoisotopic (exact) mass is 486 g/mol. The van der Waals surface area contributed by atoms with E-state index in [9.17, 15) is 27.2 Å². The van der Waals surface area contributed by atoms with Gasteiger partial charge in [0.25, 0.3) is 0 Å². The Bertz CT molecular complexity index is 1280. The fourth-order valence-corrected chi connectivity index (χ4v) is 5.46. The van der Waals surface area contributed by atoms with Crippen molar-refractivity contribution in [2.75, 3.05) is 10.2 Å². The second-order valence-corrected chi connectivity index (χ2v) is 9.18. The normalized spacial score (nSPS) is 20.4. The van der Waals surface area contributed by atoms with Gasteiger partial charge in [0.1, 0.15) is 11.9 Å². The highest BCUT2D eigenvalue weighted by molar-refractivity contribution is 7.10. The molecule has 1 aliphatic carbocycles. The number of hydrogen-bond donors (Lipinski definition) is 1. The number of para-hydroxylation sites is 2. The fourth-order valence-electron chi connectivity index (χ4n) is 4.64. The van der Waals surface area contributed by atoms with Crippen LogP contribution in [0.2, 0.25) is 0 Å². The second kappa shape index (κ2) is 8.39. The predicted molar refractivity (Wildman–Crippen MR) is 121 cm³/mol. The van der Waals surface area contributed by atoms with Crippen molar-refractivity contribution in [3.05, 3.63) is 93.6 Å². The smallest absolute Gasteiger partial charge is 0.357 e. The number of thiophene rings is 1. The number of anilines is 2. The molecule has 0 saturated heterocycles. The third kappa shape index (κ3) is 3.90. The molecule has 174 valence electrons. The Morgan fingerprint density at radius 2 is 1.74 bits per heavy atom. The zero-order chi connectivity index (χ0) is 24.0. The molecule has 1 amide bonds. The van der Waals surface area contributed by atoms with E-state index >= 15 is 0 Å². The number of nitrogens with zero attached hydrogens (tertiary/aromatic N) is 1. The van der Waals surface area contributed by atoms with Crippen molar-refractivity contribution in [2.45, 2.75) is 31.0 Å². The third-order valence-electron chi connectivity index (χ3n) is 6.10. The maximum absolute atomic E-state index is 13.8. The lowest BCUT2D eigenvalue weighted by atomic mass is 9.79. The van der Waals surface area contributed by atoms with E-state index in [-0.39, 0.29) is 29.4 Å². The maximum atomic E-state index is 13.8. The average Bonchev–Trinajstić information content (AvgIpc) is 3.28. The topological polar surface area (TPSA) is 49.4 Å². The van der Waals surface area contributed by atoms with E-state index in [0.717, 1.165) is 5.56 Å². The summed E-state index contributed by atoms with van der Waals surface area (Å²) in [5.74, 6) is -3.07. The van der Waals surface area contributed by atoms with Crippen LogP contribution >= 0.6 is 11.3 Å². The van der Waals surface area contributed by atoms with Gasteiger partial charge in [0.2, 0.25) is 0 Å². The van der Waals surface area contributed by atoms with Gasteiger partial charge in [-0.25, -0.2) is 4.39 Å². The number of rotatable bonds is 2. The van der Waals surface area contributed by atoms with Crippen molar-refractivity contribution >= 4 is 34.4 Å². The number of carbonyl (C=O) groups is 2. The van der Waals surface area contributed by atoms with Gasteiger partial charge in [-0.05, 0) is 53.6 Å². The third-order valence-corrected chi connectivity index (χ3v) is 7.03. The van der Waals surface area contributed by atoms with Crippen molar-refractivity contribution in [3.63, 3.8) is 0 Å². The van der Waals surface area contributed by atoms with E-state index in [1.165, 1.54) is 29.5 Å². The second-order valence-electron chi connectivity index (χ2n) is 8.21. The van der Waals surface area contributed by atoms with Crippen LogP contribution in [0.25, 0.3) is 0 Å². The summed E-state index contributed by atoms with van der Waals surface area (Å²) in [6.45, 7) is 0. The quantitative estimate of drug-likeness (QED) is 0.430. The molecule has 1 aliphatic heterocycles. The summed E-state index contributed by atoms with van der Waals surface area (Å²) < 4.78 is 54.7. The van der Waals surface area contributed by atoms with Crippen molar-refractivity contribution in [3.8, 4) is 0 Å². The fraction of sp³-hybridized carbons (Fsp3) is 0.200. The number of fused-ring (bicyclic) bond motifs is 1. The molecule has 0 spiro atoms. The summed E-state index contributed by atoms with van der Waals surface area (Å²) in [5, 5.41) is 4.86. The molecule has 4 nitrogen and oxygen atoms in total. The SMILES string of the molecule is O=C1C[C@@H](c2ccc(F)cc2)CC2=C1[C@H](c1cccs1)N(C(=O)C(F)(F)F)c1ccccc1N2. The van der Waals surface area contributed by atoms with Crippen LogP contribution in [0.3, 0.4) is 0 Å². The van der Waals surface area contributed by atoms with E-state index in [4.69, 9.17) is 0 Å². The summed E-state index contributed by atoms with van der Waals surface area (Å²) in [4.78, 5) is 27.4. The molecule has 0 fully saturated rings. The summed E-state index contributed by atoms with van der Waals surface area (Å²) >= 11 is 1.18. The number of allylic oxidation sites excluding steroid dienone is 1. The van der Waals surface area contributed by atoms with Gasteiger partial charge in [0, 0.05) is 22.6 Å². The highest BCUT2D eigenvalue weighted by Crippen LogP contribution is 2.49. The Kier molecular flexibility index (Phi) is 5.51. The molecule has 0 unspecified atom stereocenters. The van der Waals surface area contributed by atoms with Crippen molar-refractivity contribution in [1.82, 2.24) is 0 Å². The van der Waals surface area contributed by atoms with E-state index in [1.807, 2.05) is 0 Å². The van der Waals surface area contributed by atoms with Crippen molar-refractivity contribution in [2.24, 2.45) is 0 Å². The highest BCUT2D eigenvalue weighted by atomic mass is 32.1. The number of alkyl halides is 3. The number of hydrogen-bond acceptors (Lipinski definition) is 4. The Morgan fingerprint density at radius 1 is 1.00 bits per heavy atom. The standard InChI is InChI=1S/C25H18F4N2O2S/c26-16-9-7-14(8-10-16)15-12-18-22(20(32)13-15)23(21-6-3-11-34-21)31(24(33)25(27,28)29)19-5-2-1-4-17(19)30-18/h1-11,15,23,30H,12-13H2/t15-,23-/m0/s1. The summed E-state index contributed by atoms with van der Waals surface area (Å²) in [6.07, 6.45) is -4.77. The first-order valence-corrected chi connectivity index (χ1v) is 11.4. The molecule has 9 heteroatoms. The first kappa shape index (κ1) is 22.3. The maximum Gasteiger partial charge on any atom is 0.471 e. The minimum atomic E-state index is -5.14. The largest absolute Gasteiger partial charge is 0.471 e. The van der Waals surface area contributed by atoms with Gasteiger partial charge in [0.15, 0.2) is 5.78 Å². The summed E-state index contributed by atoms with van der Waals surface area (Å²) in [5.41, 5.74) is 1.73. The van der Waals surface area contributed by atoms with E-state index < -0.39 is 23.9 Å². The van der Waals surface area contributed by atoms with Crippen LogP contribution in [-0.2, 0) is 9.59 Å². The number of halogens is 4. The molecular formula is C25H18F4N2O2S. The molecular weight excluding hydrogens is 468 g/mol. The Labute approximate surface area is 196 Å². The van der Waals surface area contributed by atoms with E-state index in [1.54, 1.807) is 47.8 Å². The van der Waals surface area contributed by atoms with Crippen LogP contribution in [-0.4, -0.2) is 17.9 Å². The van der Waals surface area contributed by atoms with E-state index in [0.29, 0.717) is 27.6 Å². The summed E-state index contributed by atoms with van der Waals surface area (Å²) in [7, 11) is 0. The van der Waals surface area contributed by atoms with Crippen LogP contribution in [0.15, 0.2) is 77.3 Å². The van der Waals surface area contributed by atoms with Gasteiger partial charge in [0.05, 0.1) is 11.4 Å². The molecule has 0 bridgehead atoms. The highest BCUT2D eigenvalue weighted by Gasteiger charge is 2.50. The van der Waals surface area contributed by atoms with Gasteiger partial charge in [-0.1, -0.05) is 30.3 Å². The molecule has 3 aromatic rings. The molecule has 1 N–H and O–H groups in total. The zero-order valence-corrected chi connectivity index (χ0v) is 18.4. The van der Waals surface area contributed by atoms with Crippen LogP contribution in [0.1, 0.15) is 35.2 Å². The molecule has 2 aliphatic rings. The number of Topliss-reactive ketones (excluding diaryl/α,β-unsaturated/α-hetero) is 1. The van der Waals surface area contributed by atoms with Crippen LogP contribution in [0, 0.1) is 5.82 Å². The van der Waals surface area contributed by atoms with Gasteiger partial charge in [-0.15, -0.1) is 11.3 Å². The lowest BCUT2D eigenvalue weighted by Crippen LogP contribution is -2.45. The first-order valence-electron chi connectivity index (χ1n) is 10.6. The molecule has 2 heterocycles. The van der Waals surface area contributed by atoms with Crippen LogP contribution < -0.4 is 10.2 Å². The molecule has 1 aromatic heterocycles. The minimum absolute atomic E-state index is 0.0401. The van der Waals surface area contributed by atoms with Crippen LogP contribution in [0.4, 0.5) is 28.9 Å². The average molecular weight is 486 g/mol.